The minimum atomic E-state index is -4.41. The van der Waals surface area contributed by atoms with Gasteiger partial charge in [0.1, 0.15) is 6.61 Å². The van der Waals surface area contributed by atoms with Crippen LogP contribution in [0.3, 0.4) is 0 Å². The van der Waals surface area contributed by atoms with E-state index in [0.717, 1.165) is 17.7 Å². The molecule has 0 saturated heterocycles. The lowest BCUT2D eigenvalue weighted by atomic mass is 9.96. The molecular formula is C17H10ClF3O2. The van der Waals surface area contributed by atoms with Gasteiger partial charge in [-0.1, -0.05) is 35.9 Å². The molecule has 0 radical (unpaired) electrons. The molecular weight excluding hydrogens is 329 g/mol. The van der Waals surface area contributed by atoms with Crippen LogP contribution in [0.2, 0.25) is 5.02 Å². The Hall–Kier alpha value is -2.27. The van der Waals surface area contributed by atoms with Crippen molar-refractivity contribution >= 4 is 28.7 Å². The molecule has 0 aliphatic carbocycles. The predicted octanol–water partition coefficient (Wildman–Crippen LogP) is 4.83. The molecule has 23 heavy (non-hydrogen) atoms. The second-order valence-corrected chi connectivity index (χ2v) is 5.45. The Morgan fingerprint density at radius 1 is 0.913 bits per heavy atom. The first-order chi connectivity index (χ1) is 10.9. The van der Waals surface area contributed by atoms with Crippen molar-refractivity contribution in [1.82, 2.24) is 0 Å². The van der Waals surface area contributed by atoms with Crippen molar-refractivity contribution in [3.05, 3.63) is 70.2 Å². The summed E-state index contributed by atoms with van der Waals surface area (Å²) in [4.78, 5) is 12.0. The van der Waals surface area contributed by atoms with E-state index in [1.807, 2.05) is 0 Å². The van der Waals surface area contributed by atoms with Crippen molar-refractivity contribution < 1.29 is 22.7 Å². The summed E-state index contributed by atoms with van der Waals surface area (Å²) in [5.41, 5.74) is 1.29. The zero-order chi connectivity index (χ0) is 16.6. The van der Waals surface area contributed by atoms with Crippen molar-refractivity contribution in [2.24, 2.45) is 0 Å². The molecule has 0 fully saturated rings. The number of benzene rings is 2. The van der Waals surface area contributed by atoms with Gasteiger partial charge in [-0.3, -0.25) is 0 Å². The summed E-state index contributed by atoms with van der Waals surface area (Å²) < 4.78 is 43.0. The summed E-state index contributed by atoms with van der Waals surface area (Å²) in [6.07, 6.45) is -4.41. The third-order valence-electron chi connectivity index (χ3n) is 3.55. The third kappa shape index (κ3) is 3.10. The largest absolute Gasteiger partial charge is 0.457 e. The van der Waals surface area contributed by atoms with Gasteiger partial charge in [0.2, 0.25) is 0 Å². The highest BCUT2D eigenvalue weighted by atomic mass is 35.5. The Morgan fingerprint density at radius 3 is 2.04 bits per heavy atom. The zero-order valence-electron chi connectivity index (χ0n) is 11.7. The van der Waals surface area contributed by atoms with Gasteiger partial charge in [0.05, 0.1) is 11.1 Å². The average molecular weight is 339 g/mol. The number of rotatable bonds is 2. The van der Waals surface area contributed by atoms with Crippen molar-refractivity contribution in [1.29, 1.82) is 0 Å². The van der Waals surface area contributed by atoms with Gasteiger partial charge in [-0.05, 0) is 35.4 Å². The van der Waals surface area contributed by atoms with Crippen molar-refractivity contribution in [2.45, 2.75) is 6.18 Å². The summed E-state index contributed by atoms with van der Waals surface area (Å²) in [7, 11) is 0. The van der Waals surface area contributed by atoms with Crippen LogP contribution in [0.15, 0.2) is 48.5 Å². The molecule has 2 aromatic rings. The first-order valence-electron chi connectivity index (χ1n) is 6.70. The third-order valence-corrected chi connectivity index (χ3v) is 3.80. The standard InChI is InChI=1S/C17H10ClF3O2/c18-13-7-3-10(4-8-13)14-9-23-16(22)15(14)11-1-5-12(6-2-11)17(19,20)21/h1-8H,9H2. The van der Waals surface area contributed by atoms with Crippen molar-refractivity contribution in [2.75, 3.05) is 6.61 Å². The molecule has 6 heteroatoms. The van der Waals surface area contributed by atoms with Gasteiger partial charge in [0.15, 0.2) is 0 Å². The number of carbonyl (C=O) groups excluding carboxylic acids is 1. The Kier molecular flexibility index (Phi) is 3.90. The van der Waals surface area contributed by atoms with E-state index in [9.17, 15) is 18.0 Å². The Bertz CT molecular complexity index is 775. The van der Waals surface area contributed by atoms with E-state index in [4.69, 9.17) is 16.3 Å². The smallest absolute Gasteiger partial charge is 0.416 e. The maximum Gasteiger partial charge on any atom is 0.416 e. The highest BCUT2D eigenvalue weighted by Gasteiger charge is 2.31. The molecule has 1 aliphatic heterocycles. The molecule has 0 aromatic heterocycles. The molecule has 3 rings (SSSR count). The van der Waals surface area contributed by atoms with Crippen LogP contribution in [-0.2, 0) is 15.7 Å². The summed E-state index contributed by atoms with van der Waals surface area (Å²) in [5.74, 6) is -0.547. The number of halogens is 4. The summed E-state index contributed by atoms with van der Waals surface area (Å²) in [6, 6.07) is 11.3. The van der Waals surface area contributed by atoms with E-state index >= 15 is 0 Å². The first-order valence-corrected chi connectivity index (χ1v) is 7.08. The van der Waals surface area contributed by atoms with Crippen LogP contribution in [0.1, 0.15) is 16.7 Å². The van der Waals surface area contributed by atoms with Gasteiger partial charge in [-0.25, -0.2) is 4.79 Å². The molecule has 0 bridgehead atoms. The molecule has 0 atom stereocenters. The summed E-state index contributed by atoms with van der Waals surface area (Å²) in [6.45, 7) is 0.0802. The fourth-order valence-corrected chi connectivity index (χ4v) is 2.53. The van der Waals surface area contributed by atoms with Crippen LogP contribution in [0.4, 0.5) is 13.2 Å². The van der Waals surface area contributed by atoms with Crippen LogP contribution in [0, 0.1) is 0 Å². The number of ether oxygens (including phenoxy) is 1. The van der Waals surface area contributed by atoms with Gasteiger partial charge in [0.25, 0.3) is 0 Å². The molecule has 0 spiro atoms. The fraction of sp³-hybridized carbons (Fsp3) is 0.118. The number of esters is 1. The fourth-order valence-electron chi connectivity index (χ4n) is 2.40. The van der Waals surface area contributed by atoms with Crippen molar-refractivity contribution in [3.8, 4) is 0 Å². The Morgan fingerprint density at radius 2 is 1.48 bits per heavy atom. The number of hydrogen-bond donors (Lipinski definition) is 0. The van der Waals surface area contributed by atoms with Crippen LogP contribution in [-0.4, -0.2) is 12.6 Å². The molecule has 2 nitrogen and oxygen atoms in total. The predicted molar refractivity (Wildman–Crippen MR) is 80.7 cm³/mol. The number of carbonyl (C=O) groups is 1. The van der Waals surface area contributed by atoms with Crippen LogP contribution in [0.25, 0.3) is 11.1 Å². The summed E-state index contributed by atoms with van der Waals surface area (Å²) in [5, 5.41) is 0.552. The van der Waals surface area contributed by atoms with Gasteiger partial charge >= 0.3 is 12.1 Å². The van der Waals surface area contributed by atoms with E-state index in [0.29, 0.717) is 16.2 Å². The van der Waals surface area contributed by atoms with E-state index in [1.165, 1.54) is 12.1 Å². The van der Waals surface area contributed by atoms with Gasteiger partial charge < -0.3 is 4.74 Å². The van der Waals surface area contributed by atoms with Crippen LogP contribution in [0.5, 0.6) is 0 Å². The van der Waals surface area contributed by atoms with Gasteiger partial charge in [-0.2, -0.15) is 13.2 Å². The van der Waals surface area contributed by atoms with Gasteiger partial charge in [0, 0.05) is 10.6 Å². The number of alkyl halides is 3. The first kappa shape index (κ1) is 15.6. The second kappa shape index (κ2) is 5.74. The second-order valence-electron chi connectivity index (χ2n) is 5.01. The number of hydrogen-bond acceptors (Lipinski definition) is 2. The Balaban J connectivity index is 2.05. The molecule has 2 aromatic carbocycles. The maximum absolute atomic E-state index is 12.6. The average Bonchev–Trinajstić information content (AvgIpc) is 2.89. The minimum Gasteiger partial charge on any atom is -0.457 e. The SMILES string of the molecule is O=C1OCC(c2ccc(Cl)cc2)=C1c1ccc(C(F)(F)F)cc1. The Labute approximate surface area is 135 Å². The monoisotopic (exact) mass is 338 g/mol. The van der Waals surface area contributed by atoms with E-state index in [2.05, 4.69) is 0 Å². The normalized spacial score (nSPS) is 15.0. The van der Waals surface area contributed by atoms with E-state index in [1.54, 1.807) is 24.3 Å². The van der Waals surface area contributed by atoms with E-state index in [-0.39, 0.29) is 12.2 Å². The molecule has 0 saturated carbocycles. The topological polar surface area (TPSA) is 26.3 Å². The lowest BCUT2D eigenvalue weighted by Crippen LogP contribution is -2.05. The van der Waals surface area contributed by atoms with Crippen LogP contribution < -0.4 is 0 Å². The molecule has 1 aliphatic rings. The molecule has 0 amide bonds. The highest BCUT2D eigenvalue weighted by Crippen LogP contribution is 2.35. The highest BCUT2D eigenvalue weighted by molar-refractivity contribution is 6.31. The van der Waals surface area contributed by atoms with E-state index < -0.39 is 17.7 Å². The molecule has 0 unspecified atom stereocenters. The molecule has 118 valence electrons. The summed E-state index contributed by atoms with van der Waals surface area (Å²) >= 11 is 5.84. The van der Waals surface area contributed by atoms with Gasteiger partial charge in [-0.15, -0.1) is 0 Å². The maximum atomic E-state index is 12.6. The lowest BCUT2D eigenvalue weighted by molar-refractivity contribution is -0.137. The zero-order valence-corrected chi connectivity index (χ0v) is 12.4. The quantitative estimate of drug-likeness (QED) is 0.733. The minimum absolute atomic E-state index is 0.0802. The molecule has 1 heterocycles. The lowest BCUT2D eigenvalue weighted by Gasteiger charge is -2.08. The van der Waals surface area contributed by atoms with Crippen LogP contribution >= 0.6 is 11.6 Å². The number of cyclic esters (lactones) is 1. The van der Waals surface area contributed by atoms with Crippen molar-refractivity contribution in [3.63, 3.8) is 0 Å². The molecule has 0 N–H and O–H groups in total.